The quantitative estimate of drug-likeness (QED) is 0.597. The Labute approximate surface area is 86.6 Å². The molecular formula is C8H4F2N2O4. The second kappa shape index (κ2) is 3.72. The highest BCUT2D eigenvalue weighted by molar-refractivity contribution is 5.82. The van der Waals surface area contributed by atoms with Gasteiger partial charge in [-0.05, 0) is 6.07 Å². The summed E-state index contributed by atoms with van der Waals surface area (Å²) in [5.41, 5.74) is -0.456. The summed E-state index contributed by atoms with van der Waals surface area (Å²) in [5.74, 6) is 0. The molecule has 0 radical (unpaired) electrons. The molecule has 0 unspecified atom stereocenters. The van der Waals surface area contributed by atoms with Crippen LogP contribution < -0.4 is 4.74 Å². The highest BCUT2D eigenvalue weighted by Gasteiger charge is 2.19. The first-order chi connectivity index (χ1) is 7.58. The Bertz CT molecular complexity index is 540. The van der Waals surface area contributed by atoms with E-state index in [1.165, 1.54) is 18.2 Å². The van der Waals surface area contributed by atoms with E-state index >= 15 is 0 Å². The van der Waals surface area contributed by atoms with Gasteiger partial charge in [0.25, 0.3) is 0 Å². The van der Waals surface area contributed by atoms with Crippen molar-refractivity contribution < 1.29 is 22.9 Å². The summed E-state index contributed by atoms with van der Waals surface area (Å²) >= 11 is 0. The standard InChI is InChI=1S/C8H4F2N2O4/c9-7(10)16-8-11-4-2-1-3-5(12(13)14)6(4)15-8/h1-3,7H. The van der Waals surface area contributed by atoms with Crippen molar-refractivity contribution in [1.29, 1.82) is 0 Å². The Morgan fingerprint density at radius 2 is 2.25 bits per heavy atom. The SMILES string of the molecule is O=[N+]([O-])c1cccc2nc(OC(F)F)oc12. The van der Waals surface area contributed by atoms with Crippen LogP contribution in [0.5, 0.6) is 6.08 Å². The number of halogens is 2. The summed E-state index contributed by atoms with van der Waals surface area (Å²) in [7, 11) is 0. The number of nitrogens with zero attached hydrogens (tertiary/aromatic N) is 2. The summed E-state index contributed by atoms with van der Waals surface area (Å²) in [6, 6.07) is 3.94. The highest BCUT2D eigenvalue weighted by atomic mass is 19.3. The summed E-state index contributed by atoms with van der Waals surface area (Å²) in [6.45, 7) is -3.09. The van der Waals surface area contributed by atoms with E-state index in [2.05, 4.69) is 9.72 Å². The Morgan fingerprint density at radius 3 is 2.88 bits per heavy atom. The molecule has 0 spiro atoms. The van der Waals surface area contributed by atoms with E-state index in [-0.39, 0.29) is 16.8 Å². The van der Waals surface area contributed by atoms with Crippen LogP contribution in [-0.2, 0) is 0 Å². The number of alkyl halides is 2. The number of fused-ring (bicyclic) bond motifs is 1. The van der Waals surface area contributed by atoms with E-state index < -0.39 is 17.6 Å². The van der Waals surface area contributed by atoms with Gasteiger partial charge in [-0.1, -0.05) is 6.07 Å². The van der Waals surface area contributed by atoms with Crippen LogP contribution in [0.25, 0.3) is 11.1 Å². The minimum atomic E-state index is -3.09. The minimum Gasteiger partial charge on any atom is -0.401 e. The number of hydrogen-bond acceptors (Lipinski definition) is 5. The fourth-order valence-corrected chi connectivity index (χ4v) is 1.18. The first-order valence-corrected chi connectivity index (χ1v) is 4.06. The third-order valence-electron chi connectivity index (χ3n) is 1.76. The maximum absolute atomic E-state index is 11.9. The lowest BCUT2D eigenvalue weighted by molar-refractivity contribution is -0.383. The van der Waals surface area contributed by atoms with Gasteiger partial charge in [-0.15, -0.1) is 0 Å². The third-order valence-corrected chi connectivity index (χ3v) is 1.76. The molecule has 1 heterocycles. The van der Waals surface area contributed by atoms with Gasteiger partial charge < -0.3 is 9.15 Å². The zero-order chi connectivity index (χ0) is 11.7. The van der Waals surface area contributed by atoms with Crippen molar-refractivity contribution in [3.05, 3.63) is 28.3 Å². The van der Waals surface area contributed by atoms with Gasteiger partial charge in [-0.2, -0.15) is 13.8 Å². The van der Waals surface area contributed by atoms with Gasteiger partial charge in [-0.25, -0.2) is 0 Å². The number of nitro benzene ring substituents is 1. The number of aromatic nitrogens is 1. The molecule has 0 saturated heterocycles. The number of nitro groups is 1. The molecule has 84 valence electrons. The van der Waals surface area contributed by atoms with E-state index in [0.29, 0.717) is 0 Å². The van der Waals surface area contributed by atoms with Gasteiger partial charge in [0.15, 0.2) is 0 Å². The molecule has 0 fully saturated rings. The molecule has 6 nitrogen and oxygen atoms in total. The molecule has 0 saturated carbocycles. The molecule has 1 aromatic carbocycles. The van der Waals surface area contributed by atoms with E-state index in [9.17, 15) is 18.9 Å². The lowest BCUT2D eigenvalue weighted by atomic mass is 10.3. The maximum Gasteiger partial charge on any atom is 0.399 e. The van der Waals surface area contributed by atoms with Gasteiger partial charge in [0.1, 0.15) is 5.52 Å². The maximum atomic E-state index is 11.9. The van der Waals surface area contributed by atoms with Crippen LogP contribution >= 0.6 is 0 Å². The lowest BCUT2D eigenvalue weighted by Crippen LogP contribution is -2.01. The number of benzene rings is 1. The molecule has 0 atom stereocenters. The Morgan fingerprint density at radius 1 is 1.50 bits per heavy atom. The predicted octanol–water partition coefficient (Wildman–Crippen LogP) is 2.34. The van der Waals surface area contributed by atoms with E-state index in [1.807, 2.05) is 0 Å². The monoisotopic (exact) mass is 230 g/mol. The van der Waals surface area contributed by atoms with Crippen LogP contribution in [0.2, 0.25) is 0 Å². The normalized spacial score (nSPS) is 10.9. The van der Waals surface area contributed by atoms with Crippen LogP contribution in [0, 0.1) is 10.1 Å². The number of non-ortho nitro benzene ring substituents is 1. The van der Waals surface area contributed by atoms with Crippen LogP contribution in [0.4, 0.5) is 14.5 Å². The predicted molar refractivity (Wildman–Crippen MR) is 47.3 cm³/mol. The summed E-state index contributed by atoms with van der Waals surface area (Å²) in [6.07, 6.45) is -0.695. The van der Waals surface area contributed by atoms with Crippen molar-refractivity contribution in [3.8, 4) is 6.08 Å². The molecule has 0 bridgehead atoms. The molecular weight excluding hydrogens is 226 g/mol. The Kier molecular flexibility index (Phi) is 2.39. The van der Waals surface area contributed by atoms with Crippen LogP contribution in [-0.4, -0.2) is 16.5 Å². The zero-order valence-corrected chi connectivity index (χ0v) is 7.59. The number of hydrogen-bond donors (Lipinski definition) is 0. The summed E-state index contributed by atoms with van der Waals surface area (Å²) < 4.78 is 32.3. The van der Waals surface area contributed by atoms with Gasteiger partial charge >= 0.3 is 18.4 Å². The topological polar surface area (TPSA) is 78.4 Å². The zero-order valence-electron chi connectivity index (χ0n) is 7.59. The summed E-state index contributed by atoms with van der Waals surface area (Å²) in [4.78, 5) is 13.4. The largest absolute Gasteiger partial charge is 0.401 e. The second-order valence-electron chi connectivity index (χ2n) is 2.74. The first-order valence-electron chi connectivity index (χ1n) is 4.06. The number of oxazole rings is 1. The molecule has 8 heteroatoms. The molecule has 16 heavy (non-hydrogen) atoms. The van der Waals surface area contributed by atoms with E-state index in [4.69, 9.17) is 4.42 Å². The first kappa shape index (κ1) is 10.3. The van der Waals surface area contributed by atoms with Crippen molar-refractivity contribution >= 4 is 16.8 Å². The molecule has 1 aromatic heterocycles. The fraction of sp³-hybridized carbons (Fsp3) is 0.125. The number of rotatable bonds is 3. The molecule has 0 aliphatic heterocycles. The average molecular weight is 230 g/mol. The van der Waals surface area contributed by atoms with Gasteiger partial charge in [0.05, 0.1) is 4.92 Å². The average Bonchev–Trinajstić information content (AvgIpc) is 2.57. The Hall–Kier alpha value is -2.25. The number of ether oxygens (including phenoxy) is 1. The van der Waals surface area contributed by atoms with Crippen LogP contribution in [0.3, 0.4) is 0 Å². The van der Waals surface area contributed by atoms with Gasteiger partial charge in [0.2, 0.25) is 5.58 Å². The molecule has 2 rings (SSSR count). The highest BCUT2D eigenvalue weighted by Crippen LogP contribution is 2.29. The summed E-state index contributed by atoms with van der Waals surface area (Å²) in [5, 5.41) is 10.6. The molecule has 0 N–H and O–H groups in total. The molecule has 0 aliphatic rings. The van der Waals surface area contributed by atoms with Crippen molar-refractivity contribution in [2.24, 2.45) is 0 Å². The lowest BCUT2D eigenvalue weighted by Gasteiger charge is -1.95. The van der Waals surface area contributed by atoms with Gasteiger partial charge in [-0.3, -0.25) is 10.1 Å². The van der Waals surface area contributed by atoms with E-state index in [1.54, 1.807) is 0 Å². The van der Waals surface area contributed by atoms with Crippen molar-refractivity contribution in [2.45, 2.75) is 6.61 Å². The van der Waals surface area contributed by atoms with Crippen molar-refractivity contribution in [3.63, 3.8) is 0 Å². The van der Waals surface area contributed by atoms with Crippen LogP contribution in [0.15, 0.2) is 22.6 Å². The van der Waals surface area contributed by atoms with Crippen molar-refractivity contribution in [1.82, 2.24) is 4.98 Å². The van der Waals surface area contributed by atoms with Crippen molar-refractivity contribution in [2.75, 3.05) is 0 Å². The fourth-order valence-electron chi connectivity index (χ4n) is 1.18. The van der Waals surface area contributed by atoms with Gasteiger partial charge in [0, 0.05) is 6.07 Å². The van der Waals surface area contributed by atoms with Crippen LogP contribution in [0.1, 0.15) is 0 Å². The minimum absolute atomic E-state index is 0.0878. The number of para-hydroxylation sites is 1. The smallest absolute Gasteiger partial charge is 0.399 e. The van der Waals surface area contributed by atoms with E-state index in [0.717, 1.165) is 0 Å². The molecule has 0 amide bonds. The third kappa shape index (κ3) is 1.76. The second-order valence-corrected chi connectivity index (χ2v) is 2.74. The molecule has 0 aliphatic carbocycles. The Balaban J connectivity index is 2.52. The molecule has 2 aromatic rings.